The zero-order valence-corrected chi connectivity index (χ0v) is 14.2. The van der Waals surface area contributed by atoms with Gasteiger partial charge in [-0.1, -0.05) is 30.3 Å². The van der Waals surface area contributed by atoms with Crippen LogP contribution in [-0.4, -0.2) is 12.5 Å². The zero-order chi connectivity index (χ0) is 16.3. The maximum absolute atomic E-state index is 13.0. The molecule has 2 aromatic carbocycles. The predicted molar refractivity (Wildman–Crippen MR) is 96.7 cm³/mol. The highest BCUT2D eigenvalue weighted by atomic mass is 35.5. The summed E-state index contributed by atoms with van der Waals surface area (Å²) in [5.74, 6) is -0.198. The molecule has 3 nitrogen and oxygen atoms in total. The van der Waals surface area contributed by atoms with Crippen molar-refractivity contribution in [1.82, 2.24) is 5.32 Å². The van der Waals surface area contributed by atoms with Gasteiger partial charge in [0.1, 0.15) is 5.82 Å². The summed E-state index contributed by atoms with van der Waals surface area (Å²) in [7, 11) is 0. The van der Waals surface area contributed by atoms with Gasteiger partial charge in [-0.05, 0) is 48.6 Å². The molecule has 0 radical (unpaired) electrons. The Balaban J connectivity index is 0.00000208. The van der Waals surface area contributed by atoms with Crippen LogP contribution in [0.2, 0.25) is 0 Å². The summed E-state index contributed by atoms with van der Waals surface area (Å²) in [6.07, 6.45) is 3.13. The summed E-state index contributed by atoms with van der Waals surface area (Å²) in [5, 5.41) is 3.01. The molecular weight excluding hydrogens is 327 g/mol. The van der Waals surface area contributed by atoms with Gasteiger partial charge in [-0.15, -0.1) is 12.4 Å². The first kappa shape index (κ1) is 18.3. The van der Waals surface area contributed by atoms with Crippen molar-refractivity contribution < 1.29 is 9.18 Å². The molecule has 0 bridgehead atoms. The lowest BCUT2D eigenvalue weighted by atomic mass is 9.96. The fourth-order valence-corrected chi connectivity index (χ4v) is 2.89. The molecule has 0 aliphatic heterocycles. The van der Waals surface area contributed by atoms with Crippen LogP contribution in [0, 0.1) is 5.82 Å². The minimum atomic E-state index is -0.228. The number of nitrogens with one attached hydrogen (secondary N) is 1. The molecule has 2 aromatic rings. The zero-order valence-electron chi connectivity index (χ0n) is 13.4. The van der Waals surface area contributed by atoms with E-state index in [0.717, 1.165) is 29.7 Å². The van der Waals surface area contributed by atoms with E-state index in [1.54, 1.807) is 0 Å². The van der Waals surface area contributed by atoms with Crippen LogP contribution < -0.4 is 11.1 Å². The van der Waals surface area contributed by atoms with Gasteiger partial charge < -0.3 is 11.1 Å². The summed E-state index contributed by atoms with van der Waals surface area (Å²) >= 11 is 0. The number of hydrogen-bond donors (Lipinski definition) is 2. The van der Waals surface area contributed by atoms with E-state index in [4.69, 9.17) is 5.73 Å². The highest BCUT2D eigenvalue weighted by molar-refractivity contribution is 5.85. The Kier molecular flexibility index (Phi) is 5.84. The Morgan fingerprint density at radius 3 is 2.42 bits per heavy atom. The standard InChI is InChI=1S/C19H21FN2O.ClH/c20-16-8-6-15(7-9-16)19(11-12-19)13-22-18(23)10-5-14-3-1-2-4-17(14)21;/h1-4,6-9H,5,10-13,21H2,(H,22,23);1H. The first-order valence-electron chi connectivity index (χ1n) is 7.95. The van der Waals surface area contributed by atoms with Gasteiger partial charge in [-0.3, -0.25) is 4.79 Å². The molecule has 5 heteroatoms. The smallest absolute Gasteiger partial charge is 0.220 e. The minimum absolute atomic E-state index is 0. The minimum Gasteiger partial charge on any atom is -0.399 e. The van der Waals surface area contributed by atoms with Crippen LogP contribution in [0.4, 0.5) is 10.1 Å². The Labute approximate surface area is 147 Å². The quantitative estimate of drug-likeness (QED) is 0.783. The summed E-state index contributed by atoms with van der Waals surface area (Å²) in [5.41, 5.74) is 8.71. The van der Waals surface area contributed by atoms with Crippen molar-refractivity contribution >= 4 is 24.0 Å². The largest absolute Gasteiger partial charge is 0.399 e. The van der Waals surface area contributed by atoms with Gasteiger partial charge in [-0.25, -0.2) is 4.39 Å². The first-order valence-corrected chi connectivity index (χ1v) is 7.95. The first-order chi connectivity index (χ1) is 11.1. The molecule has 3 rings (SSSR count). The van der Waals surface area contributed by atoms with Gasteiger partial charge in [0.2, 0.25) is 5.91 Å². The monoisotopic (exact) mass is 348 g/mol. The second kappa shape index (κ2) is 7.67. The summed E-state index contributed by atoms with van der Waals surface area (Å²) in [4.78, 5) is 12.1. The molecule has 1 saturated carbocycles. The number of aryl methyl sites for hydroxylation is 1. The number of nitrogen functional groups attached to an aromatic ring is 1. The summed E-state index contributed by atoms with van der Waals surface area (Å²) in [6, 6.07) is 14.2. The van der Waals surface area contributed by atoms with Gasteiger partial charge in [0.25, 0.3) is 0 Å². The fraction of sp³-hybridized carbons (Fsp3) is 0.316. The molecule has 1 aliphatic carbocycles. The Morgan fingerprint density at radius 1 is 1.12 bits per heavy atom. The number of amides is 1. The Morgan fingerprint density at radius 2 is 1.79 bits per heavy atom. The molecule has 0 atom stereocenters. The van der Waals surface area contributed by atoms with E-state index in [9.17, 15) is 9.18 Å². The number of rotatable bonds is 6. The lowest BCUT2D eigenvalue weighted by molar-refractivity contribution is -0.121. The van der Waals surface area contributed by atoms with Gasteiger partial charge in [0.05, 0.1) is 0 Å². The molecule has 1 fully saturated rings. The normalized spacial score (nSPS) is 14.5. The summed E-state index contributed by atoms with van der Waals surface area (Å²) in [6.45, 7) is 0.613. The maximum Gasteiger partial charge on any atom is 0.220 e. The molecule has 0 unspecified atom stereocenters. The van der Waals surface area contributed by atoms with E-state index in [2.05, 4.69) is 5.32 Å². The predicted octanol–water partition coefficient (Wildman–Crippen LogP) is 3.61. The van der Waals surface area contributed by atoms with E-state index in [1.165, 1.54) is 12.1 Å². The average Bonchev–Trinajstić information content (AvgIpc) is 3.34. The van der Waals surface area contributed by atoms with Crippen molar-refractivity contribution in [3.8, 4) is 0 Å². The maximum atomic E-state index is 13.0. The van der Waals surface area contributed by atoms with Crippen LogP contribution in [0.5, 0.6) is 0 Å². The fourth-order valence-electron chi connectivity index (χ4n) is 2.89. The number of carbonyl (C=O) groups is 1. The SMILES string of the molecule is Cl.Nc1ccccc1CCC(=O)NCC1(c2ccc(F)cc2)CC1. The molecule has 0 heterocycles. The van der Waals surface area contributed by atoms with E-state index >= 15 is 0 Å². The number of hydrogen-bond acceptors (Lipinski definition) is 2. The van der Waals surface area contributed by atoms with E-state index in [-0.39, 0.29) is 29.5 Å². The molecule has 3 N–H and O–H groups in total. The van der Waals surface area contributed by atoms with E-state index in [0.29, 0.717) is 19.4 Å². The van der Waals surface area contributed by atoms with Crippen molar-refractivity contribution in [3.05, 3.63) is 65.5 Å². The third-order valence-corrected chi connectivity index (χ3v) is 4.61. The second-order valence-corrected chi connectivity index (χ2v) is 6.26. The molecule has 24 heavy (non-hydrogen) atoms. The van der Waals surface area contributed by atoms with Gasteiger partial charge in [0.15, 0.2) is 0 Å². The molecular formula is C19H22ClFN2O. The van der Waals surface area contributed by atoms with Crippen molar-refractivity contribution in [2.45, 2.75) is 31.1 Å². The van der Waals surface area contributed by atoms with E-state index in [1.807, 2.05) is 36.4 Å². The average molecular weight is 349 g/mol. The van der Waals surface area contributed by atoms with Crippen molar-refractivity contribution in [1.29, 1.82) is 0 Å². The number of carbonyl (C=O) groups excluding carboxylic acids is 1. The van der Waals surface area contributed by atoms with Crippen LogP contribution in [0.3, 0.4) is 0 Å². The van der Waals surface area contributed by atoms with Gasteiger partial charge in [0, 0.05) is 24.1 Å². The molecule has 1 amide bonds. The van der Waals surface area contributed by atoms with Crippen LogP contribution in [0.25, 0.3) is 0 Å². The number of halogens is 2. The second-order valence-electron chi connectivity index (χ2n) is 6.26. The summed E-state index contributed by atoms with van der Waals surface area (Å²) < 4.78 is 13.0. The molecule has 0 saturated heterocycles. The molecule has 128 valence electrons. The lowest BCUT2D eigenvalue weighted by Gasteiger charge is -2.16. The number of nitrogens with two attached hydrogens (primary N) is 1. The highest BCUT2D eigenvalue weighted by Crippen LogP contribution is 2.47. The Hall–Kier alpha value is -2.07. The number of anilines is 1. The van der Waals surface area contributed by atoms with Gasteiger partial charge in [-0.2, -0.15) is 0 Å². The molecule has 1 aliphatic rings. The highest BCUT2D eigenvalue weighted by Gasteiger charge is 2.44. The van der Waals surface area contributed by atoms with Crippen molar-refractivity contribution in [3.63, 3.8) is 0 Å². The Bertz CT molecular complexity index is 699. The third kappa shape index (κ3) is 4.26. The van der Waals surface area contributed by atoms with Crippen LogP contribution in [-0.2, 0) is 16.6 Å². The van der Waals surface area contributed by atoms with Crippen LogP contribution in [0.1, 0.15) is 30.4 Å². The topological polar surface area (TPSA) is 55.1 Å². The van der Waals surface area contributed by atoms with Crippen LogP contribution in [0.15, 0.2) is 48.5 Å². The van der Waals surface area contributed by atoms with Crippen molar-refractivity contribution in [2.75, 3.05) is 12.3 Å². The van der Waals surface area contributed by atoms with E-state index < -0.39 is 0 Å². The molecule has 0 spiro atoms. The number of benzene rings is 2. The number of para-hydroxylation sites is 1. The molecule has 0 aromatic heterocycles. The van der Waals surface area contributed by atoms with Gasteiger partial charge >= 0.3 is 0 Å². The lowest BCUT2D eigenvalue weighted by Crippen LogP contribution is -2.32. The third-order valence-electron chi connectivity index (χ3n) is 4.61. The van der Waals surface area contributed by atoms with Crippen molar-refractivity contribution in [2.24, 2.45) is 0 Å². The van der Waals surface area contributed by atoms with Crippen LogP contribution >= 0.6 is 12.4 Å².